The molecule has 0 heterocycles. The zero-order valence-electron chi connectivity index (χ0n) is 8.97. The maximum Gasteiger partial charge on any atom is 0.124 e. The summed E-state index contributed by atoms with van der Waals surface area (Å²) in [6.07, 6.45) is 2.53. The second-order valence-corrected chi connectivity index (χ2v) is 4.38. The van der Waals surface area contributed by atoms with Gasteiger partial charge in [-0.2, -0.15) is 5.26 Å². The van der Waals surface area contributed by atoms with Crippen LogP contribution in [0.4, 0.5) is 4.39 Å². The quantitative estimate of drug-likeness (QED) is 0.813. The molecule has 0 amide bonds. The molecule has 0 unspecified atom stereocenters. The minimum absolute atomic E-state index is 0.232. The summed E-state index contributed by atoms with van der Waals surface area (Å²) in [5, 5.41) is 11.6. The van der Waals surface area contributed by atoms with Crippen LogP contribution in [-0.4, -0.2) is 6.54 Å². The van der Waals surface area contributed by atoms with Crippen molar-refractivity contribution in [2.75, 3.05) is 6.54 Å². The molecule has 0 spiro atoms. The van der Waals surface area contributed by atoms with E-state index in [2.05, 4.69) is 27.3 Å². The van der Waals surface area contributed by atoms with E-state index in [1.165, 1.54) is 12.1 Å². The summed E-state index contributed by atoms with van der Waals surface area (Å²) in [5.74, 6) is -0.232. The Bertz CT molecular complexity index is 374. The molecule has 1 aromatic rings. The molecule has 0 saturated carbocycles. The van der Waals surface area contributed by atoms with Gasteiger partial charge in [0.2, 0.25) is 0 Å². The van der Waals surface area contributed by atoms with E-state index >= 15 is 0 Å². The zero-order chi connectivity index (χ0) is 11.8. The number of hydrogen-bond acceptors (Lipinski definition) is 2. The molecule has 2 nitrogen and oxygen atoms in total. The van der Waals surface area contributed by atoms with Crippen LogP contribution in [0.5, 0.6) is 0 Å². The number of benzene rings is 1. The molecular formula is C12H14BrFN2. The SMILES string of the molecule is N#CCCCCNCc1ccc(F)cc1Br. The van der Waals surface area contributed by atoms with Crippen molar-refractivity contribution >= 4 is 15.9 Å². The molecule has 0 atom stereocenters. The molecule has 0 fully saturated rings. The highest BCUT2D eigenvalue weighted by molar-refractivity contribution is 9.10. The fourth-order valence-electron chi connectivity index (χ4n) is 1.34. The first-order chi connectivity index (χ1) is 7.74. The smallest absolute Gasteiger partial charge is 0.124 e. The topological polar surface area (TPSA) is 35.8 Å². The van der Waals surface area contributed by atoms with Gasteiger partial charge in [-0.1, -0.05) is 22.0 Å². The second kappa shape index (κ2) is 7.37. The van der Waals surface area contributed by atoms with Crippen molar-refractivity contribution in [1.82, 2.24) is 5.32 Å². The van der Waals surface area contributed by atoms with Crippen molar-refractivity contribution in [2.45, 2.75) is 25.8 Å². The van der Waals surface area contributed by atoms with Crippen molar-refractivity contribution in [3.63, 3.8) is 0 Å². The molecule has 0 saturated heterocycles. The molecule has 0 aliphatic rings. The predicted octanol–water partition coefficient (Wildman–Crippen LogP) is 3.37. The summed E-state index contributed by atoms with van der Waals surface area (Å²) in [6, 6.07) is 6.80. The van der Waals surface area contributed by atoms with Crippen molar-refractivity contribution in [1.29, 1.82) is 5.26 Å². The molecule has 0 aliphatic carbocycles. The van der Waals surface area contributed by atoms with Crippen LogP contribution in [0, 0.1) is 17.1 Å². The summed E-state index contributed by atoms with van der Waals surface area (Å²) < 4.78 is 13.6. The van der Waals surface area contributed by atoms with Crippen LogP contribution in [0.15, 0.2) is 22.7 Å². The van der Waals surface area contributed by atoms with Crippen molar-refractivity contribution in [2.24, 2.45) is 0 Å². The molecule has 1 aromatic carbocycles. The summed E-state index contributed by atoms with van der Waals surface area (Å²) >= 11 is 3.32. The third kappa shape index (κ3) is 4.73. The summed E-state index contributed by atoms with van der Waals surface area (Å²) in [5.41, 5.74) is 1.04. The van der Waals surface area contributed by atoms with Gasteiger partial charge >= 0.3 is 0 Å². The van der Waals surface area contributed by atoms with Gasteiger partial charge in [0, 0.05) is 17.4 Å². The van der Waals surface area contributed by atoms with Crippen molar-refractivity contribution < 1.29 is 4.39 Å². The molecule has 1 N–H and O–H groups in total. The molecule has 0 aliphatic heterocycles. The first kappa shape index (κ1) is 13.1. The van der Waals surface area contributed by atoms with E-state index in [4.69, 9.17) is 5.26 Å². The number of halogens is 2. The fraction of sp³-hybridized carbons (Fsp3) is 0.417. The van der Waals surface area contributed by atoms with Gasteiger partial charge in [-0.15, -0.1) is 0 Å². The Hall–Kier alpha value is -0.920. The van der Waals surface area contributed by atoms with Crippen LogP contribution < -0.4 is 5.32 Å². The minimum Gasteiger partial charge on any atom is -0.313 e. The summed E-state index contributed by atoms with van der Waals surface area (Å²) in [7, 11) is 0. The maximum absolute atomic E-state index is 12.8. The van der Waals surface area contributed by atoms with Crippen LogP contribution in [0.2, 0.25) is 0 Å². The number of rotatable bonds is 6. The molecule has 0 radical (unpaired) electrons. The van der Waals surface area contributed by atoms with Crippen LogP contribution in [-0.2, 0) is 6.54 Å². The van der Waals surface area contributed by atoms with Crippen LogP contribution in [0.25, 0.3) is 0 Å². The van der Waals surface area contributed by atoms with E-state index in [1.54, 1.807) is 6.07 Å². The van der Waals surface area contributed by atoms with Gasteiger partial charge in [0.1, 0.15) is 5.82 Å². The van der Waals surface area contributed by atoms with Crippen molar-refractivity contribution in [3.05, 3.63) is 34.1 Å². The third-order valence-corrected chi connectivity index (χ3v) is 2.96. The van der Waals surface area contributed by atoms with E-state index in [1.807, 2.05) is 0 Å². The number of hydrogen-bond donors (Lipinski definition) is 1. The van der Waals surface area contributed by atoms with E-state index < -0.39 is 0 Å². The van der Waals surface area contributed by atoms with E-state index in [0.717, 1.165) is 29.4 Å². The van der Waals surface area contributed by atoms with Gasteiger partial charge in [0.15, 0.2) is 0 Å². The summed E-state index contributed by atoms with van der Waals surface area (Å²) in [4.78, 5) is 0. The lowest BCUT2D eigenvalue weighted by molar-refractivity contribution is 0.616. The standard InChI is InChI=1S/C12H14BrFN2/c13-12-8-11(14)5-4-10(12)9-16-7-3-1-2-6-15/h4-5,8,16H,1-3,7,9H2. The highest BCUT2D eigenvalue weighted by atomic mass is 79.9. The van der Waals surface area contributed by atoms with E-state index in [0.29, 0.717) is 13.0 Å². The lowest BCUT2D eigenvalue weighted by Gasteiger charge is -2.06. The first-order valence-electron chi connectivity index (χ1n) is 5.25. The molecule has 4 heteroatoms. The van der Waals surface area contributed by atoms with Gasteiger partial charge in [0.25, 0.3) is 0 Å². The first-order valence-corrected chi connectivity index (χ1v) is 6.05. The molecule has 0 bridgehead atoms. The molecular weight excluding hydrogens is 271 g/mol. The van der Waals surface area contributed by atoms with Gasteiger partial charge < -0.3 is 5.32 Å². The number of unbranched alkanes of at least 4 members (excludes halogenated alkanes) is 2. The Morgan fingerprint density at radius 3 is 2.88 bits per heavy atom. The Morgan fingerprint density at radius 2 is 2.19 bits per heavy atom. The molecule has 16 heavy (non-hydrogen) atoms. The Kier molecular flexibility index (Phi) is 6.05. The number of nitrogens with one attached hydrogen (secondary N) is 1. The normalized spacial score (nSPS) is 10.1. The largest absolute Gasteiger partial charge is 0.313 e. The van der Waals surface area contributed by atoms with Crippen molar-refractivity contribution in [3.8, 4) is 6.07 Å². The lowest BCUT2D eigenvalue weighted by atomic mass is 10.2. The molecule has 0 aromatic heterocycles. The van der Waals surface area contributed by atoms with E-state index in [-0.39, 0.29) is 5.82 Å². The average molecular weight is 285 g/mol. The maximum atomic E-state index is 12.8. The van der Waals surface area contributed by atoms with Crippen LogP contribution >= 0.6 is 15.9 Å². The van der Waals surface area contributed by atoms with Gasteiger partial charge in [0.05, 0.1) is 6.07 Å². The van der Waals surface area contributed by atoms with Gasteiger partial charge in [-0.3, -0.25) is 0 Å². The lowest BCUT2D eigenvalue weighted by Crippen LogP contribution is -2.14. The number of nitrogens with zero attached hydrogens (tertiary/aromatic N) is 1. The monoisotopic (exact) mass is 284 g/mol. The van der Waals surface area contributed by atoms with Gasteiger partial charge in [-0.05, 0) is 37.1 Å². The number of nitriles is 1. The molecule has 86 valence electrons. The predicted molar refractivity (Wildman–Crippen MR) is 65.3 cm³/mol. The van der Waals surface area contributed by atoms with Crippen LogP contribution in [0.1, 0.15) is 24.8 Å². The second-order valence-electron chi connectivity index (χ2n) is 3.53. The summed E-state index contributed by atoms with van der Waals surface area (Å²) in [6.45, 7) is 1.60. The third-order valence-electron chi connectivity index (χ3n) is 2.22. The molecule has 1 rings (SSSR count). The average Bonchev–Trinajstić information content (AvgIpc) is 2.26. The zero-order valence-corrected chi connectivity index (χ0v) is 10.6. The van der Waals surface area contributed by atoms with Gasteiger partial charge in [-0.25, -0.2) is 4.39 Å². The highest BCUT2D eigenvalue weighted by Gasteiger charge is 2.00. The van der Waals surface area contributed by atoms with Crippen LogP contribution in [0.3, 0.4) is 0 Å². The highest BCUT2D eigenvalue weighted by Crippen LogP contribution is 2.17. The Morgan fingerprint density at radius 1 is 1.38 bits per heavy atom. The fourth-order valence-corrected chi connectivity index (χ4v) is 1.83. The minimum atomic E-state index is -0.232. The Labute approximate surface area is 104 Å². The Balaban J connectivity index is 2.25. The van der Waals surface area contributed by atoms with E-state index in [9.17, 15) is 4.39 Å².